The molecule has 0 atom stereocenters. The number of thiocarbonyl (C=S) groups is 1. The molecule has 0 aliphatic heterocycles. The molecule has 2 N–H and O–H groups in total. The largest absolute Gasteiger partial charge is 0.362 e. The Morgan fingerprint density at radius 1 is 1.11 bits per heavy atom. The van der Waals surface area contributed by atoms with Crippen molar-refractivity contribution < 1.29 is 0 Å². The van der Waals surface area contributed by atoms with Crippen molar-refractivity contribution in [3.05, 3.63) is 81.6 Å². The van der Waals surface area contributed by atoms with Crippen molar-refractivity contribution in [2.45, 2.75) is 33.9 Å². The lowest BCUT2D eigenvalue weighted by Crippen LogP contribution is -2.41. The zero-order chi connectivity index (χ0) is 20.1. The Kier molecular flexibility index (Phi) is 6.47. The molecular weight excluding hydrogens is 366 g/mol. The van der Waals surface area contributed by atoms with Crippen molar-refractivity contribution in [3.8, 4) is 0 Å². The van der Waals surface area contributed by atoms with Crippen LogP contribution in [0, 0.1) is 12.8 Å². The molecular formula is C23H27N3OS. The summed E-state index contributed by atoms with van der Waals surface area (Å²) >= 11 is 5.65. The Morgan fingerprint density at radius 2 is 1.86 bits per heavy atom. The number of aromatic amines is 1. The first kappa shape index (κ1) is 20.1. The molecule has 0 unspecified atom stereocenters. The monoisotopic (exact) mass is 393 g/mol. The topological polar surface area (TPSA) is 48.1 Å². The molecule has 3 rings (SSSR count). The smallest absolute Gasteiger partial charge is 0.253 e. The van der Waals surface area contributed by atoms with Gasteiger partial charge in [0.25, 0.3) is 5.56 Å². The maximum Gasteiger partial charge on any atom is 0.253 e. The van der Waals surface area contributed by atoms with Gasteiger partial charge in [-0.15, -0.1) is 0 Å². The highest BCUT2D eigenvalue weighted by Crippen LogP contribution is 2.16. The molecule has 0 aliphatic carbocycles. The number of H-pyrrole nitrogens is 1. The van der Waals surface area contributed by atoms with E-state index in [1.807, 2.05) is 49.4 Å². The predicted octanol–water partition coefficient (Wildman–Crippen LogP) is 4.37. The minimum Gasteiger partial charge on any atom is -0.362 e. The van der Waals surface area contributed by atoms with Gasteiger partial charge in [-0.1, -0.05) is 62.4 Å². The van der Waals surface area contributed by atoms with Gasteiger partial charge < -0.3 is 15.2 Å². The summed E-state index contributed by atoms with van der Waals surface area (Å²) in [4.78, 5) is 17.8. The van der Waals surface area contributed by atoms with Gasteiger partial charge in [-0.25, -0.2) is 0 Å². The molecule has 5 heteroatoms. The van der Waals surface area contributed by atoms with Gasteiger partial charge in [0.15, 0.2) is 5.11 Å². The Morgan fingerprint density at radius 3 is 2.57 bits per heavy atom. The van der Waals surface area contributed by atoms with Crippen LogP contribution in [0.2, 0.25) is 0 Å². The summed E-state index contributed by atoms with van der Waals surface area (Å²) in [7, 11) is 0. The van der Waals surface area contributed by atoms with Crippen molar-refractivity contribution in [1.82, 2.24) is 15.2 Å². The number of aromatic nitrogens is 1. The van der Waals surface area contributed by atoms with Crippen LogP contribution < -0.4 is 10.9 Å². The van der Waals surface area contributed by atoms with Crippen LogP contribution in [0.4, 0.5) is 0 Å². The van der Waals surface area contributed by atoms with Crippen LogP contribution in [0.15, 0.2) is 59.4 Å². The lowest BCUT2D eigenvalue weighted by molar-refractivity contribution is 0.394. The van der Waals surface area contributed by atoms with E-state index in [4.69, 9.17) is 12.2 Å². The number of rotatable bonds is 6. The molecule has 0 spiro atoms. The molecule has 3 aromatic rings. The van der Waals surface area contributed by atoms with E-state index in [1.54, 1.807) is 0 Å². The summed E-state index contributed by atoms with van der Waals surface area (Å²) in [6.45, 7) is 8.21. The van der Waals surface area contributed by atoms with Gasteiger partial charge in [-0.3, -0.25) is 4.79 Å². The second-order valence-corrected chi connectivity index (χ2v) is 7.97. The number of fused-ring (bicyclic) bond motifs is 1. The van der Waals surface area contributed by atoms with Gasteiger partial charge in [0, 0.05) is 18.7 Å². The van der Waals surface area contributed by atoms with E-state index in [2.05, 4.69) is 41.2 Å². The summed E-state index contributed by atoms with van der Waals surface area (Å²) in [5.74, 6) is 0.489. The number of nitrogens with one attached hydrogen (secondary N) is 2. The first-order valence-electron chi connectivity index (χ1n) is 9.62. The lowest BCUT2D eigenvalue weighted by Gasteiger charge is -2.26. The van der Waals surface area contributed by atoms with Crippen molar-refractivity contribution in [1.29, 1.82) is 0 Å². The van der Waals surface area contributed by atoms with E-state index in [-0.39, 0.29) is 5.56 Å². The van der Waals surface area contributed by atoms with E-state index < -0.39 is 0 Å². The van der Waals surface area contributed by atoms with E-state index in [9.17, 15) is 4.79 Å². The van der Waals surface area contributed by atoms with Gasteiger partial charge in [-0.05, 0) is 47.6 Å². The van der Waals surface area contributed by atoms with E-state index >= 15 is 0 Å². The van der Waals surface area contributed by atoms with Crippen LogP contribution in [0.3, 0.4) is 0 Å². The lowest BCUT2D eigenvalue weighted by atomic mass is 10.1. The fourth-order valence-corrected chi connectivity index (χ4v) is 3.37. The highest BCUT2D eigenvalue weighted by Gasteiger charge is 2.14. The number of aryl methyl sites for hydroxylation is 1. The van der Waals surface area contributed by atoms with Crippen molar-refractivity contribution in [3.63, 3.8) is 0 Å². The van der Waals surface area contributed by atoms with Gasteiger partial charge >= 0.3 is 0 Å². The van der Waals surface area contributed by atoms with Gasteiger partial charge in [0.05, 0.1) is 12.1 Å². The number of para-hydroxylation sites is 1. The standard InChI is InChI=1S/C23H27N3OS/c1-16(2)13-24-23(28)26(14-18-9-5-4-6-10-18)15-20-12-19-11-7-8-17(3)21(19)25-22(20)27/h4-12,16H,13-15H2,1-3H3,(H,24,28)(H,25,27). The highest BCUT2D eigenvalue weighted by atomic mass is 32.1. The maximum atomic E-state index is 12.7. The molecule has 0 saturated carbocycles. The average Bonchev–Trinajstić information content (AvgIpc) is 2.67. The summed E-state index contributed by atoms with van der Waals surface area (Å²) in [6, 6.07) is 18.2. The van der Waals surface area contributed by atoms with Crippen molar-refractivity contribution in [2.75, 3.05) is 6.54 Å². The quantitative estimate of drug-likeness (QED) is 0.611. The SMILES string of the molecule is Cc1cccc2cc(CN(Cc3ccccc3)C(=S)NCC(C)C)c(=O)[nH]c12. The fraction of sp³-hybridized carbons (Fsp3) is 0.304. The molecule has 0 aliphatic rings. The van der Waals surface area contributed by atoms with Crippen LogP contribution in [-0.2, 0) is 13.1 Å². The van der Waals surface area contributed by atoms with Gasteiger partial charge in [0.1, 0.15) is 0 Å². The van der Waals surface area contributed by atoms with Crippen LogP contribution in [-0.4, -0.2) is 21.5 Å². The second-order valence-electron chi connectivity index (χ2n) is 7.58. The Balaban J connectivity index is 1.89. The molecule has 1 aromatic heterocycles. The van der Waals surface area contributed by atoms with Crippen LogP contribution in [0.1, 0.15) is 30.5 Å². The predicted molar refractivity (Wildman–Crippen MR) is 120 cm³/mol. The van der Waals surface area contributed by atoms with Crippen LogP contribution in [0.5, 0.6) is 0 Å². The minimum atomic E-state index is -0.0634. The fourth-order valence-electron chi connectivity index (χ4n) is 3.16. The summed E-state index contributed by atoms with van der Waals surface area (Å²) in [5.41, 5.74) is 3.77. The van der Waals surface area contributed by atoms with E-state index in [0.717, 1.165) is 28.6 Å². The number of benzene rings is 2. The first-order valence-corrected chi connectivity index (χ1v) is 10.0. The minimum absolute atomic E-state index is 0.0634. The Labute approximate surface area is 171 Å². The Hall–Kier alpha value is -2.66. The average molecular weight is 394 g/mol. The van der Waals surface area contributed by atoms with Crippen LogP contribution >= 0.6 is 12.2 Å². The third-order valence-corrected chi connectivity index (χ3v) is 5.09. The summed E-state index contributed by atoms with van der Waals surface area (Å²) in [6.07, 6.45) is 0. The number of hydrogen-bond acceptors (Lipinski definition) is 2. The zero-order valence-corrected chi connectivity index (χ0v) is 17.5. The van der Waals surface area contributed by atoms with Crippen molar-refractivity contribution >= 4 is 28.2 Å². The molecule has 0 saturated heterocycles. The first-order chi connectivity index (χ1) is 13.4. The highest BCUT2D eigenvalue weighted by molar-refractivity contribution is 7.80. The zero-order valence-electron chi connectivity index (χ0n) is 16.7. The molecule has 28 heavy (non-hydrogen) atoms. The van der Waals surface area contributed by atoms with Gasteiger partial charge in [-0.2, -0.15) is 0 Å². The molecule has 0 fully saturated rings. The van der Waals surface area contributed by atoms with Crippen LogP contribution in [0.25, 0.3) is 10.9 Å². The summed E-state index contributed by atoms with van der Waals surface area (Å²) < 4.78 is 0. The second kappa shape index (κ2) is 9.02. The molecule has 0 radical (unpaired) electrons. The van der Waals surface area contributed by atoms with Crippen molar-refractivity contribution in [2.24, 2.45) is 5.92 Å². The molecule has 2 aromatic carbocycles. The number of hydrogen-bond donors (Lipinski definition) is 2. The molecule has 0 amide bonds. The third-order valence-electron chi connectivity index (χ3n) is 4.69. The number of pyridine rings is 1. The normalized spacial score (nSPS) is 11.0. The molecule has 1 heterocycles. The van der Waals surface area contributed by atoms with Gasteiger partial charge in [0.2, 0.25) is 0 Å². The molecule has 4 nitrogen and oxygen atoms in total. The number of nitrogens with zero attached hydrogens (tertiary/aromatic N) is 1. The summed E-state index contributed by atoms with van der Waals surface area (Å²) in [5, 5.41) is 5.04. The van der Waals surface area contributed by atoms with E-state index in [0.29, 0.717) is 29.7 Å². The molecule has 146 valence electrons. The van der Waals surface area contributed by atoms with E-state index in [1.165, 1.54) is 0 Å². The molecule has 0 bridgehead atoms. The maximum absolute atomic E-state index is 12.7. The third kappa shape index (κ3) is 4.98. The Bertz CT molecular complexity index is 1010.